The Morgan fingerprint density at radius 3 is 2.85 bits per heavy atom. The minimum atomic E-state index is -0.450. The molecule has 0 fully saturated rings. The van der Waals surface area contributed by atoms with Gasteiger partial charge in [-0.05, 0) is 18.6 Å². The monoisotopic (exact) mass is 389 g/mol. The Morgan fingerprint density at radius 2 is 2.08 bits per heavy atom. The van der Waals surface area contributed by atoms with Crippen molar-refractivity contribution in [3.8, 4) is 0 Å². The van der Waals surface area contributed by atoms with Crippen molar-refractivity contribution >= 4 is 40.2 Å². The molecule has 8 heteroatoms. The first-order valence-electron chi connectivity index (χ1n) is 7.81. The van der Waals surface area contributed by atoms with Gasteiger partial charge in [0, 0.05) is 17.2 Å². The highest BCUT2D eigenvalue weighted by atomic mass is 35.5. The van der Waals surface area contributed by atoms with Gasteiger partial charge in [0.05, 0.1) is 35.5 Å². The molecule has 0 aliphatic rings. The average molecular weight is 390 g/mol. The highest BCUT2D eigenvalue weighted by molar-refractivity contribution is 7.98. The molecule has 0 atom stereocenters. The fourth-order valence-corrected chi connectivity index (χ4v) is 3.64. The van der Waals surface area contributed by atoms with Crippen LogP contribution >= 0.6 is 23.4 Å². The van der Waals surface area contributed by atoms with Crippen molar-refractivity contribution in [1.82, 2.24) is 15.0 Å². The fourth-order valence-electron chi connectivity index (χ4n) is 2.51. The molecule has 1 N–H and O–H groups in total. The molecule has 2 aromatic heterocycles. The van der Waals surface area contributed by atoms with Crippen LogP contribution in [0.3, 0.4) is 0 Å². The van der Waals surface area contributed by atoms with E-state index >= 15 is 0 Å². The SMILES string of the molecule is COC(=O)Cc1cc(=O)[nH]c(SCc2nc3ccccc3c(C)c2Cl)n1. The molecular formula is C18H16ClN3O3S. The zero-order chi connectivity index (χ0) is 18.7. The number of aryl methyl sites for hydroxylation is 1. The minimum absolute atomic E-state index is 0.0535. The molecule has 134 valence electrons. The number of fused-ring (bicyclic) bond motifs is 1. The number of rotatable bonds is 5. The number of esters is 1. The number of thioether (sulfide) groups is 1. The van der Waals surface area contributed by atoms with Crippen LogP contribution in [0, 0.1) is 6.92 Å². The lowest BCUT2D eigenvalue weighted by Gasteiger charge is -2.10. The summed E-state index contributed by atoms with van der Waals surface area (Å²) in [6.45, 7) is 1.96. The van der Waals surface area contributed by atoms with Crippen LogP contribution in [0.5, 0.6) is 0 Å². The Morgan fingerprint density at radius 1 is 1.31 bits per heavy atom. The Kier molecular flexibility index (Phi) is 5.58. The van der Waals surface area contributed by atoms with Crippen molar-refractivity contribution in [1.29, 1.82) is 0 Å². The number of aromatic amines is 1. The van der Waals surface area contributed by atoms with E-state index < -0.39 is 5.97 Å². The first-order valence-corrected chi connectivity index (χ1v) is 9.18. The van der Waals surface area contributed by atoms with Crippen molar-refractivity contribution in [3.63, 3.8) is 0 Å². The molecule has 0 amide bonds. The van der Waals surface area contributed by atoms with Gasteiger partial charge >= 0.3 is 5.97 Å². The highest BCUT2D eigenvalue weighted by Crippen LogP contribution is 2.30. The molecule has 0 radical (unpaired) electrons. The maximum absolute atomic E-state index is 11.8. The van der Waals surface area contributed by atoms with E-state index in [1.807, 2.05) is 31.2 Å². The molecule has 0 saturated heterocycles. The van der Waals surface area contributed by atoms with Crippen molar-refractivity contribution in [2.45, 2.75) is 24.3 Å². The molecule has 0 unspecified atom stereocenters. The largest absolute Gasteiger partial charge is 0.469 e. The van der Waals surface area contributed by atoms with Gasteiger partial charge in [0.15, 0.2) is 5.16 Å². The normalized spacial score (nSPS) is 10.9. The summed E-state index contributed by atoms with van der Waals surface area (Å²) in [7, 11) is 1.29. The molecule has 2 heterocycles. The van der Waals surface area contributed by atoms with E-state index in [0.29, 0.717) is 27.3 Å². The van der Waals surface area contributed by atoms with E-state index in [1.54, 1.807) is 0 Å². The van der Waals surface area contributed by atoms with Crippen LogP contribution in [-0.2, 0) is 21.7 Å². The summed E-state index contributed by atoms with van der Waals surface area (Å²) in [5.41, 5.74) is 2.58. The number of ether oxygens (including phenoxy) is 1. The Bertz CT molecular complexity index is 1040. The number of H-pyrrole nitrogens is 1. The lowest BCUT2D eigenvalue weighted by atomic mass is 10.1. The third-order valence-electron chi connectivity index (χ3n) is 3.82. The number of hydrogen-bond acceptors (Lipinski definition) is 6. The first-order chi connectivity index (χ1) is 12.5. The van der Waals surface area contributed by atoms with Crippen LogP contribution < -0.4 is 5.56 Å². The summed E-state index contributed by atoms with van der Waals surface area (Å²) in [4.78, 5) is 34.7. The number of nitrogens with zero attached hydrogens (tertiary/aromatic N) is 2. The lowest BCUT2D eigenvalue weighted by molar-refractivity contribution is -0.139. The van der Waals surface area contributed by atoms with Crippen LogP contribution in [0.15, 0.2) is 40.3 Å². The Labute approximate surface area is 159 Å². The number of para-hydroxylation sites is 1. The zero-order valence-corrected chi connectivity index (χ0v) is 15.8. The molecule has 26 heavy (non-hydrogen) atoms. The van der Waals surface area contributed by atoms with Crippen molar-refractivity contribution in [2.24, 2.45) is 0 Å². The number of benzene rings is 1. The van der Waals surface area contributed by atoms with Gasteiger partial charge in [-0.15, -0.1) is 0 Å². The second kappa shape index (κ2) is 7.88. The molecule has 0 aliphatic heterocycles. The van der Waals surface area contributed by atoms with E-state index in [0.717, 1.165) is 16.5 Å². The number of carbonyl (C=O) groups excluding carboxylic acids is 1. The van der Waals surface area contributed by atoms with Crippen LogP contribution in [0.2, 0.25) is 5.02 Å². The average Bonchev–Trinajstić information content (AvgIpc) is 2.63. The maximum Gasteiger partial charge on any atom is 0.311 e. The van der Waals surface area contributed by atoms with Gasteiger partial charge < -0.3 is 9.72 Å². The highest BCUT2D eigenvalue weighted by Gasteiger charge is 2.12. The second-order valence-corrected chi connectivity index (χ2v) is 6.94. The van der Waals surface area contributed by atoms with Gasteiger partial charge in [-0.3, -0.25) is 14.6 Å². The summed E-state index contributed by atoms with van der Waals surface area (Å²) in [6.07, 6.45) is -0.0535. The van der Waals surface area contributed by atoms with Crippen LogP contribution in [0.4, 0.5) is 0 Å². The van der Waals surface area contributed by atoms with Gasteiger partial charge in [0.25, 0.3) is 5.56 Å². The van der Waals surface area contributed by atoms with E-state index in [4.69, 9.17) is 11.6 Å². The molecule has 0 spiro atoms. The third-order valence-corrected chi connectivity index (χ3v) is 5.20. The van der Waals surface area contributed by atoms with Crippen molar-refractivity contribution in [3.05, 3.63) is 62.7 Å². The fraction of sp³-hybridized carbons (Fsp3) is 0.222. The van der Waals surface area contributed by atoms with Crippen LogP contribution in [0.25, 0.3) is 10.9 Å². The van der Waals surface area contributed by atoms with Gasteiger partial charge in [-0.1, -0.05) is 41.6 Å². The summed E-state index contributed by atoms with van der Waals surface area (Å²) in [5.74, 6) is -0.0105. The van der Waals surface area contributed by atoms with E-state index in [9.17, 15) is 9.59 Å². The van der Waals surface area contributed by atoms with Gasteiger partial charge in [-0.25, -0.2) is 4.98 Å². The standard InChI is InChI=1S/C18H16ClN3O3S/c1-10-12-5-3-4-6-13(12)21-14(17(10)19)9-26-18-20-11(7-15(23)22-18)8-16(24)25-2/h3-7H,8-9H2,1-2H3,(H,20,22,23). The molecular weight excluding hydrogens is 374 g/mol. The number of halogens is 1. The Balaban J connectivity index is 1.85. The van der Waals surface area contributed by atoms with Crippen LogP contribution in [-0.4, -0.2) is 28.0 Å². The van der Waals surface area contributed by atoms with Gasteiger partial charge in [0.1, 0.15) is 0 Å². The number of carbonyl (C=O) groups is 1. The molecule has 0 aliphatic carbocycles. The number of pyridine rings is 1. The van der Waals surface area contributed by atoms with Crippen molar-refractivity contribution in [2.75, 3.05) is 7.11 Å². The summed E-state index contributed by atoms with van der Waals surface area (Å²) < 4.78 is 4.61. The smallest absolute Gasteiger partial charge is 0.311 e. The van der Waals surface area contributed by atoms with Crippen LogP contribution in [0.1, 0.15) is 17.0 Å². The second-order valence-electron chi connectivity index (χ2n) is 5.60. The van der Waals surface area contributed by atoms with Crippen molar-refractivity contribution < 1.29 is 9.53 Å². The molecule has 3 aromatic rings. The summed E-state index contributed by atoms with van der Waals surface area (Å²) in [5, 5.41) is 2.02. The summed E-state index contributed by atoms with van der Waals surface area (Å²) >= 11 is 7.76. The molecule has 3 rings (SSSR count). The zero-order valence-electron chi connectivity index (χ0n) is 14.2. The topological polar surface area (TPSA) is 84.9 Å². The van der Waals surface area contributed by atoms with Gasteiger partial charge in [-0.2, -0.15) is 0 Å². The number of aromatic nitrogens is 3. The summed E-state index contributed by atoms with van der Waals surface area (Å²) in [6, 6.07) is 9.07. The number of nitrogens with one attached hydrogen (secondary N) is 1. The minimum Gasteiger partial charge on any atom is -0.469 e. The Hall–Kier alpha value is -2.38. The molecule has 1 aromatic carbocycles. The number of hydrogen-bond donors (Lipinski definition) is 1. The van der Waals surface area contributed by atoms with E-state index in [2.05, 4.69) is 19.7 Å². The predicted octanol–water partition coefficient (Wildman–Crippen LogP) is 3.29. The first kappa shape index (κ1) is 18.4. The van der Waals surface area contributed by atoms with E-state index in [-0.39, 0.29) is 12.0 Å². The number of methoxy groups -OCH3 is 1. The third kappa shape index (κ3) is 4.05. The predicted molar refractivity (Wildman–Crippen MR) is 102 cm³/mol. The molecule has 0 bridgehead atoms. The lowest BCUT2D eigenvalue weighted by Crippen LogP contribution is -2.14. The van der Waals surface area contributed by atoms with E-state index in [1.165, 1.54) is 24.9 Å². The quantitative estimate of drug-likeness (QED) is 0.409. The molecule has 0 saturated carbocycles. The maximum atomic E-state index is 11.8. The molecule has 6 nitrogen and oxygen atoms in total. The van der Waals surface area contributed by atoms with Gasteiger partial charge in [0.2, 0.25) is 0 Å².